The Kier molecular flexibility index (Phi) is 3.49. The van der Waals surface area contributed by atoms with Gasteiger partial charge in [0.15, 0.2) is 0 Å². The maximum atomic E-state index is 12.1. The molecule has 1 amide bonds. The van der Waals surface area contributed by atoms with Crippen LogP contribution in [0.5, 0.6) is 0 Å². The molecule has 19 heavy (non-hydrogen) atoms. The summed E-state index contributed by atoms with van der Waals surface area (Å²) in [7, 11) is 0. The Labute approximate surface area is 114 Å². The third-order valence-corrected chi connectivity index (χ3v) is 3.61. The van der Waals surface area contributed by atoms with Crippen molar-refractivity contribution in [3.63, 3.8) is 0 Å². The van der Waals surface area contributed by atoms with E-state index in [-0.39, 0.29) is 5.91 Å². The van der Waals surface area contributed by atoms with E-state index < -0.39 is 0 Å². The lowest BCUT2D eigenvalue weighted by Crippen LogP contribution is -2.13. The number of amides is 1. The van der Waals surface area contributed by atoms with Gasteiger partial charge in [0.1, 0.15) is 4.88 Å². The van der Waals surface area contributed by atoms with Crippen LogP contribution in [0.1, 0.15) is 25.9 Å². The summed E-state index contributed by atoms with van der Waals surface area (Å²) < 4.78 is 0. The van der Waals surface area contributed by atoms with Gasteiger partial charge in [-0.05, 0) is 32.0 Å². The fourth-order valence-electron chi connectivity index (χ4n) is 1.67. The number of nitriles is 1. The standard InChI is InChI=1S/C13H12N4OS/c1-7-12(19-8(2)16-7)13(18)17-11-4-3-9(6-14)5-10(11)15/h3-5H,15H2,1-2H3,(H,17,18). The maximum absolute atomic E-state index is 12.1. The Bertz CT molecular complexity index is 684. The normalized spacial score (nSPS) is 9.95. The highest BCUT2D eigenvalue weighted by atomic mass is 32.1. The van der Waals surface area contributed by atoms with Crippen LogP contribution in [-0.2, 0) is 0 Å². The van der Waals surface area contributed by atoms with Crippen molar-refractivity contribution in [2.24, 2.45) is 0 Å². The molecule has 1 aromatic carbocycles. The predicted octanol–water partition coefficient (Wildman–Crippen LogP) is 2.47. The van der Waals surface area contributed by atoms with E-state index in [1.165, 1.54) is 17.4 Å². The van der Waals surface area contributed by atoms with Gasteiger partial charge in [0.2, 0.25) is 0 Å². The van der Waals surface area contributed by atoms with Crippen LogP contribution in [0.15, 0.2) is 18.2 Å². The van der Waals surface area contributed by atoms with E-state index in [0.717, 1.165) is 5.01 Å². The number of nitrogens with one attached hydrogen (secondary N) is 1. The molecule has 0 fully saturated rings. The van der Waals surface area contributed by atoms with Gasteiger partial charge in [-0.3, -0.25) is 4.79 Å². The van der Waals surface area contributed by atoms with Crippen molar-refractivity contribution in [2.75, 3.05) is 11.1 Å². The van der Waals surface area contributed by atoms with Crippen molar-refractivity contribution < 1.29 is 4.79 Å². The van der Waals surface area contributed by atoms with Gasteiger partial charge in [0.05, 0.1) is 33.7 Å². The molecular weight excluding hydrogens is 260 g/mol. The molecule has 0 aliphatic heterocycles. The Morgan fingerprint density at radius 2 is 2.21 bits per heavy atom. The van der Waals surface area contributed by atoms with Crippen LogP contribution in [0.3, 0.4) is 0 Å². The maximum Gasteiger partial charge on any atom is 0.267 e. The summed E-state index contributed by atoms with van der Waals surface area (Å²) in [6, 6.07) is 6.75. The molecule has 3 N–H and O–H groups in total. The van der Waals surface area contributed by atoms with Crippen LogP contribution in [0.4, 0.5) is 11.4 Å². The highest BCUT2D eigenvalue weighted by Crippen LogP contribution is 2.23. The average Bonchev–Trinajstić information content (AvgIpc) is 2.71. The van der Waals surface area contributed by atoms with Crippen molar-refractivity contribution in [1.82, 2.24) is 4.98 Å². The minimum absolute atomic E-state index is 0.237. The van der Waals surface area contributed by atoms with Crippen molar-refractivity contribution in [1.29, 1.82) is 5.26 Å². The van der Waals surface area contributed by atoms with E-state index in [1.807, 2.05) is 13.0 Å². The Morgan fingerprint density at radius 3 is 2.74 bits per heavy atom. The van der Waals surface area contributed by atoms with Gasteiger partial charge in [-0.15, -0.1) is 11.3 Å². The number of aryl methyl sites for hydroxylation is 2. The molecule has 0 radical (unpaired) electrons. The van der Waals surface area contributed by atoms with E-state index in [4.69, 9.17) is 11.0 Å². The number of hydrogen-bond donors (Lipinski definition) is 2. The van der Waals surface area contributed by atoms with E-state index in [2.05, 4.69) is 10.3 Å². The lowest BCUT2D eigenvalue weighted by molar-refractivity contribution is 0.103. The molecule has 1 aromatic heterocycles. The molecule has 6 heteroatoms. The van der Waals surface area contributed by atoms with Crippen LogP contribution in [0.25, 0.3) is 0 Å². The smallest absolute Gasteiger partial charge is 0.267 e. The minimum atomic E-state index is -0.237. The number of hydrogen-bond acceptors (Lipinski definition) is 5. The zero-order valence-electron chi connectivity index (χ0n) is 10.5. The van der Waals surface area contributed by atoms with Gasteiger partial charge in [-0.1, -0.05) is 0 Å². The first-order chi connectivity index (χ1) is 9.01. The summed E-state index contributed by atoms with van der Waals surface area (Å²) in [6.45, 7) is 3.64. The third-order valence-electron chi connectivity index (χ3n) is 2.54. The molecule has 0 saturated carbocycles. The topological polar surface area (TPSA) is 91.8 Å². The first kappa shape index (κ1) is 13.1. The number of nitrogens with two attached hydrogens (primary N) is 1. The number of aromatic nitrogens is 1. The molecule has 2 aromatic rings. The second-order valence-electron chi connectivity index (χ2n) is 4.02. The molecule has 0 saturated heterocycles. The summed E-state index contributed by atoms with van der Waals surface area (Å²) in [5.41, 5.74) is 7.81. The SMILES string of the molecule is Cc1nc(C)c(C(=O)Nc2ccc(C#N)cc2N)s1. The average molecular weight is 272 g/mol. The Balaban J connectivity index is 2.25. The molecule has 0 spiro atoms. The van der Waals surface area contributed by atoms with Crippen molar-refractivity contribution in [2.45, 2.75) is 13.8 Å². The van der Waals surface area contributed by atoms with Crippen molar-refractivity contribution >= 4 is 28.6 Å². The first-order valence-corrected chi connectivity index (χ1v) is 6.38. The number of thiazole rings is 1. The number of nitrogens with zero attached hydrogens (tertiary/aromatic N) is 2. The van der Waals surface area contributed by atoms with E-state index in [1.54, 1.807) is 19.1 Å². The summed E-state index contributed by atoms with van der Waals surface area (Å²) in [4.78, 5) is 16.9. The Hall–Kier alpha value is -2.39. The van der Waals surface area contributed by atoms with Crippen molar-refractivity contribution in [3.8, 4) is 6.07 Å². The molecule has 5 nitrogen and oxygen atoms in total. The van der Waals surface area contributed by atoms with Gasteiger partial charge in [-0.25, -0.2) is 4.98 Å². The number of nitrogen functional groups attached to an aromatic ring is 1. The molecule has 1 heterocycles. The molecule has 0 aliphatic carbocycles. The van der Waals surface area contributed by atoms with Crippen LogP contribution >= 0.6 is 11.3 Å². The van der Waals surface area contributed by atoms with E-state index in [0.29, 0.717) is 27.5 Å². The van der Waals surface area contributed by atoms with Gasteiger partial charge >= 0.3 is 0 Å². The zero-order chi connectivity index (χ0) is 14.0. The molecule has 96 valence electrons. The molecule has 0 unspecified atom stereocenters. The van der Waals surface area contributed by atoms with Gasteiger partial charge in [-0.2, -0.15) is 5.26 Å². The molecule has 0 atom stereocenters. The highest BCUT2D eigenvalue weighted by Gasteiger charge is 2.14. The fourth-order valence-corrected chi connectivity index (χ4v) is 2.48. The second kappa shape index (κ2) is 5.08. The second-order valence-corrected chi connectivity index (χ2v) is 5.22. The third kappa shape index (κ3) is 2.72. The lowest BCUT2D eigenvalue weighted by Gasteiger charge is -2.07. The van der Waals surface area contributed by atoms with Gasteiger partial charge in [0.25, 0.3) is 5.91 Å². The number of anilines is 2. The molecule has 0 aliphatic rings. The summed E-state index contributed by atoms with van der Waals surface area (Å²) in [5.74, 6) is -0.237. The zero-order valence-corrected chi connectivity index (χ0v) is 11.3. The summed E-state index contributed by atoms with van der Waals surface area (Å²) >= 11 is 1.34. The van der Waals surface area contributed by atoms with Crippen LogP contribution in [-0.4, -0.2) is 10.9 Å². The summed E-state index contributed by atoms with van der Waals surface area (Å²) in [5, 5.41) is 12.3. The Morgan fingerprint density at radius 1 is 1.47 bits per heavy atom. The molecule has 0 bridgehead atoms. The van der Waals surface area contributed by atoms with Crippen LogP contribution < -0.4 is 11.1 Å². The number of carbonyl (C=O) groups is 1. The van der Waals surface area contributed by atoms with Crippen molar-refractivity contribution in [3.05, 3.63) is 39.3 Å². The van der Waals surface area contributed by atoms with Gasteiger partial charge < -0.3 is 11.1 Å². The minimum Gasteiger partial charge on any atom is -0.397 e. The van der Waals surface area contributed by atoms with E-state index >= 15 is 0 Å². The van der Waals surface area contributed by atoms with Crippen LogP contribution in [0.2, 0.25) is 0 Å². The number of benzene rings is 1. The fraction of sp³-hybridized carbons (Fsp3) is 0.154. The molecular formula is C13H12N4OS. The largest absolute Gasteiger partial charge is 0.397 e. The first-order valence-electron chi connectivity index (χ1n) is 5.56. The summed E-state index contributed by atoms with van der Waals surface area (Å²) in [6.07, 6.45) is 0. The van der Waals surface area contributed by atoms with E-state index in [9.17, 15) is 4.79 Å². The lowest BCUT2D eigenvalue weighted by atomic mass is 10.2. The monoisotopic (exact) mass is 272 g/mol. The van der Waals surface area contributed by atoms with Crippen LogP contribution in [0, 0.1) is 25.2 Å². The highest BCUT2D eigenvalue weighted by molar-refractivity contribution is 7.13. The number of rotatable bonds is 2. The quantitative estimate of drug-likeness (QED) is 0.821. The predicted molar refractivity (Wildman–Crippen MR) is 75.1 cm³/mol. The molecule has 2 rings (SSSR count). The van der Waals surface area contributed by atoms with Gasteiger partial charge in [0, 0.05) is 0 Å². The number of carbonyl (C=O) groups excluding carboxylic acids is 1.